The minimum absolute atomic E-state index is 0.162. The maximum absolute atomic E-state index is 14.1. The second-order valence-corrected chi connectivity index (χ2v) is 10.4. The van der Waals surface area contributed by atoms with Gasteiger partial charge >= 0.3 is 0 Å². The molecule has 0 saturated carbocycles. The minimum atomic E-state index is -0.684. The Balaban J connectivity index is 1.46. The number of nitrogens with two attached hydrogens (primary N) is 1. The van der Waals surface area contributed by atoms with Gasteiger partial charge in [-0.15, -0.1) is 0 Å². The van der Waals surface area contributed by atoms with Crippen LogP contribution < -0.4 is 21.7 Å². The first-order valence-electron chi connectivity index (χ1n) is 14.6. The standard InChI is InChI=1S/C37H35FN4O2/c1-2-34(40-24-28-12-6-8-14-33(28)38)37(44)42-36(43)31-21-18-27(26-10-4-3-5-11-26)22-32(31)30-13-7-9-15-35(30)41-29-19-16-25(23-39)17-20-29/h3-22,34,40-41H,2,23-24,39H2,1H3,(H,42,43,44). The molecule has 0 saturated heterocycles. The Hall–Kier alpha value is -5.11. The molecule has 222 valence electrons. The second-order valence-electron chi connectivity index (χ2n) is 10.4. The highest BCUT2D eigenvalue weighted by atomic mass is 19.1. The first-order chi connectivity index (χ1) is 21.5. The van der Waals surface area contributed by atoms with E-state index in [1.165, 1.54) is 6.07 Å². The summed E-state index contributed by atoms with van der Waals surface area (Å²) >= 11 is 0. The van der Waals surface area contributed by atoms with Crippen molar-refractivity contribution in [2.75, 3.05) is 5.32 Å². The van der Waals surface area contributed by atoms with Gasteiger partial charge in [-0.1, -0.05) is 91.9 Å². The summed E-state index contributed by atoms with van der Waals surface area (Å²) in [5.41, 5.74) is 12.7. The molecule has 6 nitrogen and oxygen atoms in total. The average molecular weight is 587 g/mol. The van der Waals surface area contributed by atoms with Crippen LogP contribution in [0.2, 0.25) is 0 Å². The van der Waals surface area contributed by atoms with Crippen LogP contribution in [0.1, 0.15) is 34.8 Å². The number of hydrogen-bond acceptors (Lipinski definition) is 5. The molecule has 5 N–H and O–H groups in total. The van der Waals surface area contributed by atoms with Crippen molar-refractivity contribution in [2.24, 2.45) is 5.73 Å². The lowest BCUT2D eigenvalue weighted by Gasteiger charge is -2.19. The molecule has 1 unspecified atom stereocenters. The Morgan fingerprint density at radius 3 is 2.20 bits per heavy atom. The molecule has 7 heteroatoms. The van der Waals surface area contributed by atoms with Gasteiger partial charge in [0.05, 0.1) is 6.04 Å². The number of carbonyl (C=O) groups is 2. The van der Waals surface area contributed by atoms with Gasteiger partial charge in [0.2, 0.25) is 5.91 Å². The van der Waals surface area contributed by atoms with E-state index in [9.17, 15) is 14.0 Å². The molecule has 0 aliphatic rings. The average Bonchev–Trinajstić information content (AvgIpc) is 3.06. The third-order valence-electron chi connectivity index (χ3n) is 7.52. The summed E-state index contributed by atoms with van der Waals surface area (Å²) in [6, 6.07) is 36.8. The van der Waals surface area contributed by atoms with Crippen molar-refractivity contribution in [3.8, 4) is 22.3 Å². The fourth-order valence-corrected chi connectivity index (χ4v) is 5.05. The summed E-state index contributed by atoms with van der Waals surface area (Å²) in [5.74, 6) is -1.34. The summed E-state index contributed by atoms with van der Waals surface area (Å²) in [4.78, 5) is 27.0. The van der Waals surface area contributed by atoms with Crippen molar-refractivity contribution in [3.05, 3.63) is 144 Å². The zero-order valence-electron chi connectivity index (χ0n) is 24.5. The van der Waals surface area contributed by atoms with Crippen LogP contribution in [0.25, 0.3) is 22.3 Å². The molecule has 1 atom stereocenters. The summed E-state index contributed by atoms with van der Waals surface area (Å²) < 4.78 is 14.1. The number of halogens is 1. The van der Waals surface area contributed by atoms with Crippen molar-refractivity contribution >= 4 is 23.2 Å². The molecule has 5 aromatic rings. The lowest BCUT2D eigenvalue weighted by Crippen LogP contribution is -2.45. The molecule has 0 radical (unpaired) electrons. The highest BCUT2D eigenvalue weighted by Gasteiger charge is 2.23. The SMILES string of the molecule is CCC(NCc1ccccc1F)C(=O)NC(=O)c1ccc(-c2ccccc2)cc1-c1ccccc1Nc1ccc(CN)cc1. The maximum atomic E-state index is 14.1. The Bertz CT molecular complexity index is 1740. The fourth-order valence-electron chi connectivity index (χ4n) is 5.05. The van der Waals surface area contributed by atoms with Crippen molar-refractivity contribution < 1.29 is 14.0 Å². The summed E-state index contributed by atoms with van der Waals surface area (Å²) in [6.07, 6.45) is 0.420. The zero-order valence-corrected chi connectivity index (χ0v) is 24.5. The number of benzene rings is 5. The third kappa shape index (κ3) is 7.26. The smallest absolute Gasteiger partial charge is 0.258 e. The van der Waals surface area contributed by atoms with Crippen LogP contribution >= 0.6 is 0 Å². The normalized spacial score (nSPS) is 11.5. The number of para-hydroxylation sites is 1. The molecule has 0 aromatic heterocycles. The Labute approximate surface area is 257 Å². The van der Waals surface area contributed by atoms with Crippen LogP contribution in [0.5, 0.6) is 0 Å². The molecule has 0 heterocycles. The fraction of sp³-hybridized carbons (Fsp3) is 0.135. The first-order valence-corrected chi connectivity index (χ1v) is 14.6. The topological polar surface area (TPSA) is 96.2 Å². The third-order valence-corrected chi connectivity index (χ3v) is 7.52. The molecule has 5 aromatic carbocycles. The van der Waals surface area contributed by atoms with E-state index < -0.39 is 17.9 Å². The van der Waals surface area contributed by atoms with Crippen LogP contribution in [-0.4, -0.2) is 17.9 Å². The van der Waals surface area contributed by atoms with E-state index in [0.29, 0.717) is 29.7 Å². The number of nitrogens with one attached hydrogen (secondary N) is 3. The van der Waals surface area contributed by atoms with Crippen molar-refractivity contribution in [1.29, 1.82) is 0 Å². The van der Waals surface area contributed by atoms with Gasteiger partial charge < -0.3 is 16.4 Å². The molecule has 0 spiro atoms. The van der Waals surface area contributed by atoms with Crippen molar-refractivity contribution in [2.45, 2.75) is 32.5 Å². The molecule has 44 heavy (non-hydrogen) atoms. The predicted octanol–water partition coefficient (Wildman–Crippen LogP) is 7.19. The molecule has 0 fully saturated rings. The van der Waals surface area contributed by atoms with E-state index in [1.807, 2.05) is 97.9 Å². The van der Waals surface area contributed by atoms with Crippen LogP contribution in [0, 0.1) is 5.82 Å². The van der Waals surface area contributed by atoms with Crippen LogP contribution in [0.3, 0.4) is 0 Å². The molecule has 2 amide bonds. The van der Waals surface area contributed by atoms with Crippen LogP contribution in [-0.2, 0) is 17.9 Å². The second kappa shape index (κ2) is 14.4. The lowest BCUT2D eigenvalue weighted by atomic mass is 9.93. The van der Waals surface area contributed by atoms with Gasteiger partial charge in [0, 0.05) is 41.2 Å². The Morgan fingerprint density at radius 1 is 0.773 bits per heavy atom. The number of hydrogen-bond donors (Lipinski definition) is 4. The highest BCUT2D eigenvalue weighted by molar-refractivity contribution is 6.10. The van der Waals surface area contributed by atoms with E-state index in [-0.39, 0.29) is 12.4 Å². The minimum Gasteiger partial charge on any atom is -0.355 e. The Kier molecular flexibility index (Phi) is 9.92. The van der Waals surface area contributed by atoms with Gasteiger partial charge in [-0.3, -0.25) is 14.9 Å². The van der Waals surface area contributed by atoms with Crippen LogP contribution in [0.4, 0.5) is 15.8 Å². The molecule has 0 bridgehead atoms. The first kappa shape index (κ1) is 30.4. The zero-order chi connectivity index (χ0) is 30.9. The van der Waals surface area contributed by atoms with Crippen molar-refractivity contribution in [1.82, 2.24) is 10.6 Å². The monoisotopic (exact) mass is 586 g/mol. The molecular weight excluding hydrogens is 551 g/mol. The van der Waals surface area contributed by atoms with Gasteiger partial charge in [0.25, 0.3) is 5.91 Å². The van der Waals surface area contributed by atoms with E-state index in [0.717, 1.165) is 33.6 Å². The molecular formula is C37H35FN4O2. The predicted molar refractivity (Wildman–Crippen MR) is 175 cm³/mol. The largest absolute Gasteiger partial charge is 0.355 e. The summed E-state index contributed by atoms with van der Waals surface area (Å²) in [5, 5.41) is 9.14. The molecule has 5 rings (SSSR count). The van der Waals surface area contributed by atoms with Crippen molar-refractivity contribution in [3.63, 3.8) is 0 Å². The van der Waals surface area contributed by atoms with Gasteiger partial charge in [-0.2, -0.15) is 0 Å². The number of imide groups is 1. The molecule has 0 aliphatic carbocycles. The summed E-state index contributed by atoms with van der Waals surface area (Å²) in [6.45, 7) is 2.46. The number of amides is 2. The number of anilines is 2. The quantitative estimate of drug-likeness (QED) is 0.131. The van der Waals surface area contributed by atoms with E-state index in [1.54, 1.807) is 24.3 Å². The highest BCUT2D eigenvalue weighted by Crippen LogP contribution is 2.35. The van der Waals surface area contributed by atoms with E-state index in [2.05, 4.69) is 16.0 Å². The van der Waals surface area contributed by atoms with Gasteiger partial charge in [0.15, 0.2) is 0 Å². The summed E-state index contributed by atoms with van der Waals surface area (Å²) in [7, 11) is 0. The van der Waals surface area contributed by atoms with Crippen LogP contribution in [0.15, 0.2) is 121 Å². The van der Waals surface area contributed by atoms with Gasteiger partial charge in [-0.05, 0) is 65.1 Å². The Morgan fingerprint density at radius 2 is 1.48 bits per heavy atom. The van der Waals surface area contributed by atoms with Gasteiger partial charge in [-0.25, -0.2) is 4.39 Å². The van der Waals surface area contributed by atoms with Gasteiger partial charge in [0.1, 0.15) is 5.82 Å². The molecule has 0 aliphatic heterocycles. The van der Waals surface area contributed by atoms with E-state index >= 15 is 0 Å². The number of rotatable bonds is 11. The number of carbonyl (C=O) groups excluding carboxylic acids is 2. The lowest BCUT2D eigenvalue weighted by molar-refractivity contribution is -0.122. The maximum Gasteiger partial charge on any atom is 0.258 e. The van der Waals surface area contributed by atoms with E-state index in [4.69, 9.17) is 5.73 Å².